The van der Waals surface area contributed by atoms with Gasteiger partial charge in [-0.15, -0.1) is 0 Å². The summed E-state index contributed by atoms with van der Waals surface area (Å²) in [5.74, 6) is -2.11. The molecule has 1 heterocycles. The molecule has 4 amide bonds. The van der Waals surface area contributed by atoms with Crippen LogP contribution in [0.4, 0.5) is 11.4 Å². The van der Waals surface area contributed by atoms with Gasteiger partial charge in [-0.1, -0.05) is 48.0 Å². The molecule has 0 aliphatic rings. The second-order valence-corrected chi connectivity index (χ2v) is 12.0. The van der Waals surface area contributed by atoms with Crippen LogP contribution in [-0.2, 0) is 42.3 Å². The first kappa shape index (κ1) is 33.3. The lowest BCUT2D eigenvalue weighted by Gasteiger charge is -2.21. The van der Waals surface area contributed by atoms with E-state index in [0.717, 1.165) is 9.87 Å². The van der Waals surface area contributed by atoms with E-state index in [-0.39, 0.29) is 29.7 Å². The maximum atomic E-state index is 13.5. The molecule has 4 rings (SSSR count). The predicted molar refractivity (Wildman–Crippen MR) is 171 cm³/mol. The lowest BCUT2D eigenvalue weighted by molar-refractivity contribution is -0.136. The van der Waals surface area contributed by atoms with Gasteiger partial charge in [0.2, 0.25) is 15.9 Å². The van der Waals surface area contributed by atoms with E-state index in [2.05, 4.69) is 26.5 Å². The van der Waals surface area contributed by atoms with Crippen molar-refractivity contribution in [2.45, 2.75) is 31.8 Å². The van der Waals surface area contributed by atoms with Gasteiger partial charge in [-0.25, -0.2) is 13.8 Å². The van der Waals surface area contributed by atoms with Crippen LogP contribution in [0.2, 0.25) is 0 Å². The third-order valence-corrected chi connectivity index (χ3v) is 8.14. The number of sulfonamides is 1. The molecule has 0 radical (unpaired) electrons. The van der Waals surface area contributed by atoms with E-state index in [4.69, 9.17) is 4.42 Å². The van der Waals surface area contributed by atoms with E-state index < -0.39 is 34.3 Å². The molecule has 238 valence electrons. The van der Waals surface area contributed by atoms with Gasteiger partial charge in [0.15, 0.2) is 0 Å². The summed E-state index contributed by atoms with van der Waals surface area (Å²) < 4.78 is 33.6. The van der Waals surface area contributed by atoms with Crippen molar-refractivity contribution in [1.82, 2.24) is 15.0 Å². The van der Waals surface area contributed by atoms with Crippen LogP contribution in [0.5, 0.6) is 0 Å². The van der Waals surface area contributed by atoms with E-state index in [1.54, 1.807) is 54.6 Å². The Kier molecular flexibility index (Phi) is 11.2. The topological polar surface area (TPSA) is 179 Å². The summed E-state index contributed by atoms with van der Waals surface area (Å²) in [6, 6.07) is 24.5. The van der Waals surface area contributed by atoms with Gasteiger partial charge in [-0.05, 0) is 61.0 Å². The van der Waals surface area contributed by atoms with Crippen LogP contribution in [0.15, 0.2) is 105 Å². The summed E-state index contributed by atoms with van der Waals surface area (Å²) in [6.45, 7) is 2.56. The first-order valence-corrected chi connectivity index (χ1v) is 15.4. The van der Waals surface area contributed by atoms with Gasteiger partial charge in [0, 0.05) is 24.8 Å². The maximum absolute atomic E-state index is 13.5. The molecular weight excluding hydrogens is 612 g/mol. The molecule has 3 aromatic carbocycles. The number of amides is 4. The third kappa shape index (κ3) is 9.70. The molecule has 4 aromatic rings. The minimum Gasteiger partial charge on any atom is -0.458 e. The van der Waals surface area contributed by atoms with E-state index in [0.29, 0.717) is 22.7 Å². The Hall–Kier alpha value is -5.60. The summed E-state index contributed by atoms with van der Waals surface area (Å²) in [5, 5.41) is 11.4. The summed E-state index contributed by atoms with van der Waals surface area (Å²) in [4.78, 5) is 48.3. The van der Waals surface area contributed by atoms with Crippen molar-refractivity contribution in [3.63, 3.8) is 0 Å². The van der Waals surface area contributed by atoms with Crippen LogP contribution in [0.3, 0.4) is 0 Å². The fourth-order valence-electron chi connectivity index (χ4n) is 4.07. The molecule has 14 heteroatoms. The molecule has 1 aromatic heterocycles. The molecule has 46 heavy (non-hydrogen) atoms. The molecule has 0 spiro atoms. The Morgan fingerprint density at radius 3 is 2.15 bits per heavy atom. The van der Waals surface area contributed by atoms with Crippen molar-refractivity contribution < 1.29 is 32.0 Å². The largest absolute Gasteiger partial charge is 0.458 e. The number of anilines is 2. The highest BCUT2D eigenvalue weighted by molar-refractivity contribution is 7.89. The average molecular weight is 645 g/mol. The maximum Gasteiger partial charge on any atom is 0.313 e. The Morgan fingerprint density at radius 2 is 1.48 bits per heavy atom. The number of rotatable bonds is 12. The standard InChI is InChI=1S/C32H32N6O7S/c1-22-8-10-26(11-9-22)36-32(42)31(41)33-18-27-14-15-28(45-27)19-34-37-30(40)21-38(20-24-6-4-3-5-7-24)46(43,44)29-16-12-25(13-17-29)35-23(2)39/h3-17,19H,18,20-21H2,1-2H3,(H,33,41)(H,35,39)(H,36,42)(H,37,40)/b34-19-. The van der Waals surface area contributed by atoms with E-state index in [1.807, 2.05) is 19.1 Å². The predicted octanol–water partition coefficient (Wildman–Crippen LogP) is 3.14. The van der Waals surface area contributed by atoms with Gasteiger partial charge >= 0.3 is 11.8 Å². The van der Waals surface area contributed by atoms with E-state index in [1.165, 1.54) is 37.4 Å². The van der Waals surface area contributed by atoms with Crippen molar-refractivity contribution in [3.8, 4) is 0 Å². The molecule has 4 N–H and O–H groups in total. The second kappa shape index (κ2) is 15.4. The van der Waals surface area contributed by atoms with Crippen molar-refractivity contribution in [2.75, 3.05) is 17.2 Å². The summed E-state index contributed by atoms with van der Waals surface area (Å²) in [6.07, 6.45) is 1.21. The third-order valence-electron chi connectivity index (χ3n) is 6.34. The monoisotopic (exact) mass is 644 g/mol. The quantitative estimate of drug-likeness (QED) is 0.104. The molecule has 0 saturated carbocycles. The molecule has 0 unspecified atom stereocenters. The number of carbonyl (C=O) groups is 4. The summed E-state index contributed by atoms with van der Waals surface area (Å²) >= 11 is 0. The zero-order valence-electron chi connectivity index (χ0n) is 25.0. The van der Waals surface area contributed by atoms with Gasteiger partial charge in [0.05, 0.1) is 24.2 Å². The average Bonchev–Trinajstić information content (AvgIpc) is 3.48. The second-order valence-electron chi connectivity index (χ2n) is 10.1. The highest BCUT2D eigenvalue weighted by atomic mass is 32.2. The van der Waals surface area contributed by atoms with Crippen molar-refractivity contribution in [2.24, 2.45) is 5.10 Å². The van der Waals surface area contributed by atoms with Crippen LogP contribution in [0.25, 0.3) is 0 Å². The Balaban J connectivity index is 1.33. The van der Waals surface area contributed by atoms with Crippen LogP contribution in [0, 0.1) is 6.92 Å². The van der Waals surface area contributed by atoms with Crippen LogP contribution < -0.4 is 21.4 Å². The number of hydrazone groups is 1. The number of aryl methyl sites for hydroxylation is 1. The van der Waals surface area contributed by atoms with Crippen molar-refractivity contribution >= 4 is 51.2 Å². The number of nitrogens with one attached hydrogen (secondary N) is 4. The number of hydrogen-bond donors (Lipinski definition) is 4. The normalized spacial score (nSPS) is 11.3. The molecular formula is C32H32N6O7S. The SMILES string of the molecule is CC(=O)Nc1ccc(S(=O)(=O)N(CC(=O)N/N=C\c2ccc(CNC(=O)C(=O)Nc3ccc(C)cc3)o2)Cc2ccccc2)cc1. The number of hydrogen-bond acceptors (Lipinski definition) is 8. The lowest BCUT2D eigenvalue weighted by Crippen LogP contribution is -2.39. The number of furan rings is 1. The Morgan fingerprint density at radius 1 is 0.826 bits per heavy atom. The van der Waals surface area contributed by atoms with Gasteiger partial charge in [0.25, 0.3) is 5.91 Å². The van der Waals surface area contributed by atoms with E-state index in [9.17, 15) is 27.6 Å². The molecule has 0 aliphatic heterocycles. The van der Waals surface area contributed by atoms with Crippen LogP contribution in [-0.4, -0.2) is 49.1 Å². The number of nitrogens with zero attached hydrogens (tertiary/aromatic N) is 2. The smallest absolute Gasteiger partial charge is 0.313 e. The molecule has 0 fully saturated rings. The highest BCUT2D eigenvalue weighted by Crippen LogP contribution is 2.21. The Bertz CT molecular complexity index is 1820. The van der Waals surface area contributed by atoms with Gasteiger partial charge < -0.3 is 20.4 Å². The minimum atomic E-state index is -4.13. The fourth-order valence-corrected chi connectivity index (χ4v) is 5.45. The van der Waals surface area contributed by atoms with Gasteiger partial charge in [-0.2, -0.15) is 9.41 Å². The first-order valence-electron chi connectivity index (χ1n) is 14.0. The zero-order chi connectivity index (χ0) is 33.1. The van der Waals surface area contributed by atoms with Crippen LogP contribution in [0.1, 0.15) is 29.6 Å². The molecule has 0 aliphatic carbocycles. The van der Waals surface area contributed by atoms with E-state index >= 15 is 0 Å². The van der Waals surface area contributed by atoms with Gasteiger partial charge in [0.1, 0.15) is 11.5 Å². The van der Waals surface area contributed by atoms with Crippen molar-refractivity contribution in [1.29, 1.82) is 0 Å². The van der Waals surface area contributed by atoms with Crippen molar-refractivity contribution in [3.05, 3.63) is 114 Å². The lowest BCUT2D eigenvalue weighted by atomic mass is 10.2. The molecule has 13 nitrogen and oxygen atoms in total. The van der Waals surface area contributed by atoms with Crippen LogP contribution >= 0.6 is 0 Å². The van der Waals surface area contributed by atoms with Gasteiger partial charge in [-0.3, -0.25) is 19.2 Å². The molecule has 0 saturated heterocycles. The zero-order valence-corrected chi connectivity index (χ0v) is 25.8. The summed E-state index contributed by atoms with van der Waals surface area (Å²) in [7, 11) is -4.13. The summed E-state index contributed by atoms with van der Waals surface area (Å²) in [5.41, 5.74) is 4.90. The highest BCUT2D eigenvalue weighted by Gasteiger charge is 2.27. The first-order chi connectivity index (χ1) is 22.0. The minimum absolute atomic E-state index is 0.0586. The number of benzene rings is 3. The number of carbonyl (C=O) groups excluding carboxylic acids is 4. The Labute approximate surface area is 265 Å². The fraction of sp³-hybridized carbons (Fsp3) is 0.156. The molecule has 0 bridgehead atoms. The molecule has 0 atom stereocenters.